The van der Waals surface area contributed by atoms with Crippen LogP contribution < -0.4 is 10.1 Å². The van der Waals surface area contributed by atoms with Gasteiger partial charge in [0.05, 0.1) is 5.56 Å². The van der Waals surface area contributed by atoms with E-state index in [0.29, 0.717) is 5.75 Å². The van der Waals surface area contributed by atoms with Crippen LogP contribution in [0.3, 0.4) is 0 Å². The second-order valence-electron chi connectivity index (χ2n) is 3.82. The number of hydrogen-bond acceptors (Lipinski definition) is 3. The van der Waals surface area contributed by atoms with Gasteiger partial charge in [0.1, 0.15) is 23.7 Å². The van der Waals surface area contributed by atoms with E-state index >= 15 is 0 Å². The first-order valence-electron chi connectivity index (χ1n) is 5.36. The average Bonchev–Trinajstić information content (AvgIpc) is 2.33. The Morgan fingerprint density at radius 3 is 2.81 bits per heavy atom. The number of halogens is 1. The van der Waals surface area contributed by atoms with Crippen molar-refractivity contribution in [2.45, 2.75) is 18.9 Å². The van der Waals surface area contributed by atoms with Crippen molar-refractivity contribution >= 4 is 0 Å². The highest BCUT2D eigenvalue weighted by Gasteiger charge is 2.15. The topological polar surface area (TPSA) is 45.0 Å². The Morgan fingerprint density at radius 1 is 1.38 bits per heavy atom. The first kappa shape index (κ1) is 10.9. The molecule has 1 heterocycles. The van der Waals surface area contributed by atoms with E-state index in [1.165, 1.54) is 12.1 Å². The third-order valence-electron chi connectivity index (χ3n) is 2.65. The lowest BCUT2D eigenvalue weighted by Gasteiger charge is -2.23. The van der Waals surface area contributed by atoms with E-state index in [-0.39, 0.29) is 11.7 Å². The van der Waals surface area contributed by atoms with Gasteiger partial charge in [-0.2, -0.15) is 5.26 Å². The minimum Gasteiger partial charge on any atom is -0.490 e. The lowest BCUT2D eigenvalue weighted by Crippen LogP contribution is -2.34. The maximum absolute atomic E-state index is 13.1. The molecular weight excluding hydrogens is 207 g/mol. The van der Waals surface area contributed by atoms with Gasteiger partial charge >= 0.3 is 0 Å². The predicted molar refractivity (Wildman–Crippen MR) is 57.6 cm³/mol. The van der Waals surface area contributed by atoms with E-state index in [0.717, 1.165) is 25.9 Å². The molecule has 1 saturated heterocycles. The molecule has 3 nitrogen and oxygen atoms in total. The second kappa shape index (κ2) is 4.95. The normalized spacial score (nSPS) is 16.8. The van der Waals surface area contributed by atoms with Crippen LogP contribution in [0.1, 0.15) is 18.4 Å². The molecule has 1 fully saturated rings. The zero-order valence-corrected chi connectivity index (χ0v) is 8.87. The van der Waals surface area contributed by atoms with Crippen LogP contribution in [0, 0.1) is 17.1 Å². The van der Waals surface area contributed by atoms with Gasteiger partial charge in [0.15, 0.2) is 0 Å². The summed E-state index contributed by atoms with van der Waals surface area (Å²) < 4.78 is 18.8. The minimum atomic E-state index is -0.500. The highest BCUT2D eigenvalue weighted by atomic mass is 19.1. The number of piperidine rings is 1. The van der Waals surface area contributed by atoms with Crippen molar-refractivity contribution in [1.29, 1.82) is 5.26 Å². The lowest BCUT2D eigenvalue weighted by molar-refractivity contribution is 0.162. The number of hydrogen-bond donors (Lipinski definition) is 1. The number of benzene rings is 1. The lowest BCUT2D eigenvalue weighted by atomic mass is 10.1. The summed E-state index contributed by atoms with van der Waals surface area (Å²) in [4.78, 5) is 0. The number of nitrogens with one attached hydrogen (secondary N) is 1. The molecule has 1 aromatic rings. The van der Waals surface area contributed by atoms with Crippen LogP contribution in [-0.4, -0.2) is 19.2 Å². The van der Waals surface area contributed by atoms with Crippen molar-refractivity contribution in [3.63, 3.8) is 0 Å². The van der Waals surface area contributed by atoms with E-state index in [4.69, 9.17) is 10.00 Å². The van der Waals surface area contributed by atoms with Crippen LogP contribution >= 0.6 is 0 Å². The molecule has 0 aromatic heterocycles. The molecule has 0 radical (unpaired) electrons. The first-order chi connectivity index (χ1) is 7.79. The smallest absolute Gasteiger partial charge is 0.141 e. The maximum Gasteiger partial charge on any atom is 0.141 e. The SMILES string of the molecule is N#Cc1cc(OC2CCNCC2)ccc1F. The zero-order valence-electron chi connectivity index (χ0n) is 8.87. The molecular formula is C12H13FN2O. The van der Waals surface area contributed by atoms with E-state index in [1.807, 2.05) is 0 Å². The first-order valence-corrected chi connectivity index (χ1v) is 5.36. The highest BCUT2D eigenvalue weighted by Crippen LogP contribution is 2.19. The summed E-state index contributed by atoms with van der Waals surface area (Å²) in [6.07, 6.45) is 2.05. The molecule has 0 bridgehead atoms. The largest absolute Gasteiger partial charge is 0.490 e. The summed E-state index contributed by atoms with van der Waals surface area (Å²) in [5.74, 6) is 0.0741. The van der Waals surface area contributed by atoms with E-state index in [9.17, 15) is 4.39 Å². The fourth-order valence-electron chi connectivity index (χ4n) is 1.77. The molecule has 1 aromatic carbocycles. The van der Waals surface area contributed by atoms with Crippen LogP contribution in [-0.2, 0) is 0 Å². The summed E-state index contributed by atoms with van der Waals surface area (Å²) in [7, 11) is 0. The number of nitriles is 1. The van der Waals surface area contributed by atoms with Gasteiger partial charge in [0.2, 0.25) is 0 Å². The standard InChI is InChI=1S/C12H13FN2O/c13-12-2-1-11(7-9(12)8-14)16-10-3-5-15-6-4-10/h1-2,7,10,15H,3-6H2. The molecule has 1 N–H and O–H groups in total. The second-order valence-corrected chi connectivity index (χ2v) is 3.82. The number of nitrogens with zero attached hydrogens (tertiary/aromatic N) is 1. The molecule has 0 spiro atoms. The molecule has 0 saturated carbocycles. The molecule has 0 amide bonds. The quantitative estimate of drug-likeness (QED) is 0.827. The van der Waals surface area contributed by atoms with Crippen LogP contribution in [0.2, 0.25) is 0 Å². The molecule has 0 atom stereocenters. The van der Waals surface area contributed by atoms with Crippen molar-refractivity contribution in [3.8, 4) is 11.8 Å². The third-order valence-corrected chi connectivity index (χ3v) is 2.65. The molecule has 0 unspecified atom stereocenters. The number of rotatable bonds is 2. The van der Waals surface area contributed by atoms with Gasteiger partial charge in [-0.15, -0.1) is 0 Å². The van der Waals surface area contributed by atoms with E-state index in [2.05, 4.69) is 5.32 Å². The molecule has 1 aliphatic heterocycles. The average molecular weight is 220 g/mol. The van der Waals surface area contributed by atoms with Crippen molar-refractivity contribution in [1.82, 2.24) is 5.32 Å². The molecule has 4 heteroatoms. The Hall–Kier alpha value is -1.60. The molecule has 2 rings (SSSR count). The van der Waals surface area contributed by atoms with Gasteiger partial charge in [-0.1, -0.05) is 0 Å². The summed E-state index contributed by atoms with van der Waals surface area (Å²) in [6.45, 7) is 1.88. The van der Waals surface area contributed by atoms with Crippen molar-refractivity contribution in [2.24, 2.45) is 0 Å². The van der Waals surface area contributed by atoms with Crippen molar-refractivity contribution < 1.29 is 9.13 Å². The summed E-state index contributed by atoms with van der Waals surface area (Å²) in [6, 6.07) is 6.10. The summed E-state index contributed by atoms with van der Waals surface area (Å²) in [5.41, 5.74) is 0.0337. The van der Waals surface area contributed by atoms with Crippen LogP contribution in [0.15, 0.2) is 18.2 Å². The Kier molecular flexibility index (Phi) is 3.37. The fourth-order valence-corrected chi connectivity index (χ4v) is 1.77. The Morgan fingerprint density at radius 2 is 2.12 bits per heavy atom. The van der Waals surface area contributed by atoms with Gasteiger partial charge in [0.25, 0.3) is 0 Å². The van der Waals surface area contributed by atoms with Crippen molar-refractivity contribution in [3.05, 3.63) is 29.6 Å². The third kappa shape index (κ3) is 2.50. The monoisotopic (exact) mass is 220 g/mol. The van der Waals surface area contributed by atoms with Gasteiger partial charge in [-0.3, -0.25) is 0 Å². The van der Waals surface area contributed by atoms with E-state index in [1.54, 1.807) is 12.1 Å². The number of ether oxygens (including phenoxy) is 1. The summed E-state index contributed by atoms with van der Waals surface area (Å²) >= 11 is 0. The fraction of sp³-hybridized carbons (Fsp3) is 0.417. The molecule has 16 heavy (non-hydrogen) atoms. The Labute approximate surface area is 93.8 Å². The van der Waals surface area contributed by atoms with Crippen LogP contribution in [0.25, 0.3) is 0 Å². The minimum absolute atomic E-state index is 0.0337. The molecule has 0 aliphatic carbocycles. The Bertz CT molecular complexity index is 408. The maximum atomic E-state index is 13.1. The highest BCUT2D eigenvalue weighted by molar-refractivity contribution is 5.37. The summed E-state index contributed by atoms with van der Waals surface area (Å²) in [5, 5.41) is 11.9. The van der Waals surface area contributed by atoms with Crippen LogP contribution in [0.5, 0.6) is 5.75 Å². The zero-order chi connectivity index (χ0) is 11.4. The van der Waals surface area contributed by atoms with Crippen molar-refractivity contribution in [2.75, 3.05) is 13.1 Å². The molecule has 84 valence electrons. The van der Waals surface area contributed by atoms with Gasteiger partial charge in [-0.05, 0) is 38.1 Å². The Balaban J connectivity index is 2.06. The van der Waals surface area contributed by atoms with Gasteiger partial charge < -0.3 is 10.1 Å². The molecule has 1 aliphatic rings. The predicted octanol–water partition coefficient (Wildman–Crippen LogP) is 1.83. The van der Waals surface area contributed by atoms with Crippen LogP contribution in [0.4, 0.5) is 4.39 Å². The van der Waals surface area contributed by atoms with Gasteiger partial charge in [-0.25, -0.2) is 4.39 Å². The van der Waals surface area contributed by atoms with Gasteiger partial charge in [0, 0.05) is 6.07 Å². The van der Waals surface area contributed by atoms with E-state index < -0.39 is 5.82 Å².